The molecule has 1 aliphatic heterocycles. The minimum absolute atomic E-state index is 0.636. The maximum absolute atomic E-state index is 5.08. The van der Waals surface area contributed by atoms with Gasteiger partial charge in [-0.25, -0.2) is 4.98 Å². The Balaban J connectivity index is 2.18. The highest BCUT2D eigenvalue weighted by Gasteiger charge is 2.16. The van der Waals surface area contributed by atoms with Crippen LogP contribution in [0.3, 0.4) is 0 Å². The van der Waals surface area contributed by atoms with Gasteiger partial charge in [-0.3, -0.25) is 0 Å². The van der Waals surface area contributed by atoms with Gasteiger partial charge in [0.15, 0.2) is 0 Å². The zero-order chi connectivity index (χ0) is 9.10. The van der Waals surface area contributed by atoms with Crippen molar-refractivity contribution in [2.45, 2.75) is 12.3 Å². The Kier molecular flexibility index (Phi) is 2.45. The van der Waals surface area contributed by atoms with Crippen LogP contribution in [0.4, 0.5) is 0 Å². The Hall–Kier alpha value is -1.09. The third-order valence-electron chi connectivity index (χ3n) is 2.50. The van der Waals surface area contributed by atoms with E-state index in [1.54, 1.807) is 7.11 Å². The second-order valence-corrected chi connectivity index (χ2v) is 3.32. The minimum atomic E-state index is 0.636. The molecule has 3 heteroatoms. The molecular weight excluding hydrogens is 164 g/mol. The fraction of sp³-hybridized carbons (Fsp3) is 0.500. The van der Waals surface area contributed by atoms with Crippen LogP contribution in [0.2, 0.25) is 0 Å². The number of nitrogens with zero attached hydrogens (tertiary/aromatic N) is 1. The number of hydrogen-bond acceptors (Lipinski definition) is 3. The van der Waals surface area contributed by atoms with E-state index in [0.717, 1.165) is 13.1 Å². The fourth-order valence-electron chi connectivity index (χ4n) is 1.73. The van der Waals surface area contributed by atoms with E-state index < -0.39 is 0 Å². The molecule has 0 bridgehead atoms. The van der Waals surface area contributed by atoms with Gasteiger partial charge >= 0.3 is 0 Å². The van der Waals surface area contributed by atoms with E-state index in [4.69, 9.17) is 4.74 Å². The minimum Gasteiger partial charge on any atom is -0.481 e. The Labute approximate surface area is 78.1 Å². The highest BCUT2D eigenvalue weighted by Crippen LogP contribution is 2.23. The topological polar surface area (TPSA) is 34.1 Å². The largest absolute Gasteiger partial charge is 0.481 e. The smallest absolute Gasteiger partial charge is 0.213 e. The molecule has 1 fully saturated rings. The van der Waals surface area contributed by atoms with Crippen molar-refractivity contribution in [1.29, 1.82) is 0 Å². The summed E-state index contributed by atoms with van der Waals surface area (Å²) in [6.07, 6.45) is 3.03. The van der Waals surface area contributed by atoms with Gasteiger partial charge in [0.1, 0.15) is 0 Å². The van der Waals surface area contributed by atoms with E-state index in [-0.39, 0.29) is 0 Å². The van der Waals surface area contributed by atoms with Gasteiger partial charge in [0, 0.05) is 18.8 Å². The van der Waals surface area contributed by atoms with Crippen molar-refractivity contribution >= 4 is 0 Å². The molecule has 1 N–H and O–H groups in total. The van der Waals surface area contributed by atoms with Crippen molar-refractivity contribution in [3.63, 3.8) is 0 Å². The average Bonchev–Trinajstić information content (AvgIpc) is 2.71. The van der Waals surface area contributed by atoms with Crippen molar-refractivity contribution < 1.29 is 4.74 Å². The summed E-state index contributed by atoms with van der Waals surface area (Å²) in [6.45, 7) is 2.20. The van der Waals surface area contributed by atoms with Crippen LogP contribution < -0.4 is 10.1 Å². The predicted molar refractivity (Wildman–Crippen MR) is 51.0 cm³/mol. The Morgan fingerprint density at radius 1 is 1.62 bits per heavy atom. The van der Waals surface area contributed by atoms with Crippen LogP contribution in [-0.2, 0) is 0 Å². The number of aromatic nitrogens is 1. The van der Waals surface area contributed by atoms with E-state index in [9.17, 15) is 0 Å². The van der Waals surface area contributed by atoms with E-state index in [1.807, 2.05) is 12.3 Å². The summed E-state index contributed by atoms with van der Waals surface area (Å²) in [4.78, 5) is 4.09. The molecule has 0 aliphatic carbocycles. The van der Waals surface area contributed by atoms with Gasteiger partial charge in [0.2, 0.25) is 5.88 Å². The molecule has 0 aromatic carbocycles. The zero-order valence-electron chi connectivity index (χ0n) is 7.79. The predicted octanol–water partition coefficient (Wildman–Crippen LogP) is 1.17. The monoisotopic (exact) mass is 178 g/mol. The first-order chi connectivity index (χ1) is 6.40. The van der Waals surface area contributed by atoms with Crippen molar-refractivity contribution in [3.05, 3.63) is 23.9 Å². The van der Waals surface area contributed by atoms with Gasteiger partial charge in [-0.2, -0.15) is 0 Å². The van der Waals surface area contributed by atoms with Gasteiger partial charge < -0.3 is 10.1 Å². The molecule has 2 rings (SSSR count). The van der Waals surface area contributed by atoms with Crippen LogP contribution in [0.1, 0.15) is 17.9 Å². The third kappa shape index (κ3) is 1.80. The molecule has 0 radical (unpaired) electrons. The standard InChI is InChI=1S/C10H14N2O/c1-13-10-6-8(3-5-12-10)9-2-4-11-7-9/h3,5-6,9,11H,2,4,7H2,1H3. The van der Waals surface area contributed by atoms with Crippen molar-refractivity contribution in [3.8, 4) is 5.88 Å². The van der Waals surface area contributed by atoms with E-state index in [2.05, 4.69) is 16.4 Å². The molecule has 3 nitrogen and oxygen atoms in total. The Morgan fingerprint density at radius 2 is 2.54 bits per heavy atom. The lowest BCUT2D eigenvalue weighted by atomic mass is 10.00. The molecule has 1 aliphatic rings. The Bertz CT molecular complexity index is 282. The fourth-order valence-corrected chi connectivity index (χ4v) is 1.73. The maximum atomic E-state index is 5.08. The summed E-state index contributed by atoms with van der Waals surface area (Å²) in [5.41, 5.74) is 1.33. The van der Waals surface area contributed by atoms with Gasteiger partial charge in [-0.05, 0) is 30.5 Å². The first-order valence-electron chi connectivity index (χ1n) is 4.61. The van der Waals surface area contributed by atoms with Crippen LogP contribution in [-0.4, -0.2) is 25.2 Å². The highest BCUT2D eigenvalue weighted by molar-refractivity contribution is 5.25. The molecule has 1 aromatic rings. The summed E-state index contributed by atoms with van der Waals surface area (Å²) in [5, 5.41) is 3.35. The van der Waals surface area contributed by atoms with Crippen molar-refractivity contribution in [1.82, 2.24) is 10.3 Å². The molecule has 1 atom stereocenters. The molecular formula is C10H14N2O. The van der Waals surface area contributed by atoms with Crippen LogP contribution in [0.5, 0.6) is 5.88 Å². The lowest BCUT2D eigenvalue weighted by Gasteiger charge is -2.08. The second-order valence-electron chi connectivity index (χ2n) is 3.32. The lowest BCUT2D eigenvalue weighted by Crippen LogP contribution is -2.08. The highest BCUT2D eigenvalue weighted by atomic mass is 16.5. The number of hydrogen-bond donors (Lipinski definition) is 1. The molecule has 13 heavy (non-hydrogen) atoms. The zero-order valence-corrected chi connectivity index (χ0v) is 7.79. The number of nitrogens with one attached hydrogen (secondary N) is 1. The normalized spacial score (nSPS) is 21.8. The van der Waals surface area contributed by atoms with Gasteiger partial charge in [-0.1, -0.05) is 0 Å². The molecule has 1 unspecified atom stereocenters. The molecule has 2 heterocycles. The summed E-state index contributed by atoms with van der Waals surface area (Å²) in [5.74, 6) is 1.35. The van der Waals surface area contributed by atoms with Gasteiger partial charge in [0.05, 0.1) is 7.11 Å². The number of rotatable bonds is 2. The SMILES string of the molecule is COc1cc(C2CCNC2)ccn1. The van der Waals surface area contributed by atoms with Crippen molar-refractivity contribution in [2.75, 3.05) is 20.2 Å². The molecule has 70 valence electrons. The molecule has 0 spiro atoms. The van der Waals surface area contributed by atoms with Gasteiger partial charge in [-0.15, -0.1) is 0 Å². The van der Waals surface area contributed by atoms with Crippen LogP contribution in [0.15, 0.2) is 18.3 Å². The molecule has 0 amide bonds. The first-order valence-corrected chi connectivity index (χ1v) is 4.61. The molecule has 1 saturated heterocycles. The third-order valence-corrected chi connectivity index (χ3v) is 2.50. The summed E-state index contributed by atoms with van der Waals surface area (Å²) < 4.78 is 5.08. The molecule has 1 aromatic heterocycles. The van der Waals surface area contributed by atoms with Crippen LogP contribution in [0.25, 0.3) is 0 Å². The number of ether oxygens (including phenoxy) is 1. The average molecular weight is 178 g/mol. The second kappa shape index (κ2) is 3.75. The maximum Gasteiger partial charge on any atom is 0.213 e. The number of pyridine rings is 1. The Morgan fingerprint density at radius 3 is 3.23 bits per heavy atom. The van der Waals surface area contributed by atoms with E-state index >= 15 is 0 Å². The van der Waals surface area contributed by atoms with Gasteiger partial charge in [0.25, 0.3) is 0 Å². The van der Waals surface area contributed by atoms with E-state index in [1.165, 1.54) is 12.0 Å². The summed E-state index contributed by atoms with van der Waals surface area (Å²) in [7, 11) is 1.65. The van der Waals surface area contributed by atoms with Crippen LogP contribution >= 0.6 is 0 Å². The van der Waals surface area contributed by atoms with Crippen LogP contribution in [0, 0.1) is 0 Å². The van der Waals surface area contributed by atoms with E-state index in [0.29, 0.717) is 11.8 Å². The quantitative estimate of drug-likeness (QED) is 0.738. The number of methoxy groups -OCH3 is 1. The molecule has 0 saturated carbocycles. The summed E-state index contributed by atoms with van der Waals surface area (Å²) >= 11 is 0. The first kappa shape index (κ1) is 8.51. The van der Waals surface area contributed by atoms with Crippen molar-refractivity contribution in [2.24, 2.45) is 0 Å². The lowest BCUT2D eigenvalue weighted by molar-refractivity contribution is 0.397. The summed E-state index contributed by atoms with van der Waals surface area (Å²) in [6, 6.07) is 4.10.